The van der Waals surface area contributed by atoms with Crippen molar-refractivity contribution in [1.29, 1.82) is 0 Å². The molecule has 2 saturated heterocycles. The lowest BCUT2D eigenvalue weighted by Gasteiger charge is -2.60. The standard InChI is InChI=1S/C15H27NO/c1-14(2)12-8-9-15(17-14,10-13(12)16)11-6-4-3-5-7-11/h11-13H,3-10,16H2,1-2H3. The first-order valence-electron chi connectivity index (χ1n) is 7.49. The van der Waals surface area contributed by atoms with E-state index < -0.39 is 0 Å². The Morgan fingerprint density at radius 3 is 2.35 bits per heavy atom. The lowest BCUT2D eigenvalue weighted by atomic mass is 9.60. The minimum absolute atomic E-state index is 0.00731. The number of fused-ring (bicyclic) bond motifs is 3. The predicted molar refractivity (Wildman–Crippen MR) is 69.8 cm³/mol. The summed E-state index contributed by atoms with van der Waals surface area (Å²) in [4.78, 5) is 0. The van der Waals surface area contributed by atoms with Gasteiger partial charge in [0.05, 0.1) is 11.2 Å². The number of nitrogens with two attached hydrogens (primary N) is 1. The van der Waals surface area contributed by atoms with Crippen LogP contribution in [0.5, 0.6) is 0 Å². The number of hydrogen-bond donors (Lipinski definition) is 1. The molecule has 4 rings (SSSR count). The van der Waals surface area contributed by atoms with Crippen molar-refractivity contribution in [2.75, 3.05) is 0 Å². The van der Waals surface area contributed by atoms with Gasteiger partial charge in [-0.1, -0.05) is 19.3 Å². The van der Waals surface area contributed by atoms with Gasteiger partial charge in [-0.15, -0.1) is 0 Å². The molecular weight excluding hydrogens is 210 g/mol. The summed E-state index contributed by atoms with van der Waals surface area (Å²) in [5, 5.41) is 0. The lowest BCUT2D eigenvalue weighted by Crippen LogP contribution is -2.65. The third kappa shape index (κ3) is 1.84. The molecule has 0 aromatic heterocycles. The van der Waals surface area contributed by atoms with Crippen LogP contribution in [-0.4, -0.2) is 17.2 Å². The van der Waals surface area contributed by atoms with Crippen molar-refractivity contribution in [3.05, 3.63) is 0 Å². The van der Waals surface area contributed by atoms with Crippen molar-refractivity contribution in [2.24, 2.45) is 17.6 Å². The average molecular weight is 237 g/mol. The quantitative estimate of drug-likeness (QED) is 0.760. The smallest absolute Gasteiger partial charge is 0.0732 e. The molecule has 2 heteroatoms. The number of ether oxygens (including phenoxy) is 1. The second-order valence-electron chi connectivity index (χ2n) is 7.12. The second kappa shape index (κ2) is 3.96. The van der Waals surface area contributed by atoms with Crippen LogP contribution in [0.2, 0.25) is 0 Å². The van der Waals surface area contributed by atoms with Gasteiger partial charge in [0.25, 0.3) is 0 Å². The Morgan fingerprint density at radius 2 is 1.76 bits per heavy atom. The highest BCUT2D eigenvalue weighted by Gasteiger charge is 2.57. The zero-order valence-corrected chi connectivity index (χ0v) is 11.4. The average Bonchev–Trinajstić information content (AvgIpc) is 2.28. The molecule has 2 aliphatic carbocycles. The first kappa shape index (κ1) is 12.0. The Labute approximate surface area is 105 Å². The molecule has 98 valence electrons. The van der Waals surface area contributed by atoms with Crippen LogP contribution in [0.15, 0.2) is 0 Å². The van der Waals surface area contributed by atoms with Gasteiger partial charge in [0.2, 0.25) is 0 Å². The Bertz CT molecular complexity index is 295. The van der Waals surface area contributed by atoms with Gasteiger partial charge in [0.1, 0.15) is 0 Å². The van der Waals surface area contributed by atoms with Crippen LogP contribution in [0.25, 0.3) is 0 Å². The molecule has 0 radical (unpaired) electrons. The fourth-order valence-corrected chi connectivity index (χ4v) is 4.90. The van der Waals surface area contributed by atoms with Crippen LogP contribution in [0.4, 0.5) is 0 Å². The van der Waals surface area contributed by atoms with E-state index >= 15 is 0 Å². The van der Waals surface area contributed by atoms with E-state index in [9.17, 15) is 0 Å². The van der Waals surface area contributed by atoms with Crippen LogP contribution in [0.1, 0.15) is 65.2 Å². The summed E-state index contributed by atoms with van der Waals surface area (Å²) >= 11 is 0. The highest BCUT2D eigenvalue weighted by atomic mass is 16.5. The first-order chi connectivity index (χ1) is 8.04. The van der Waals surface area contributed by atoms with E-state index in [0.29, 0.717) is 12.0 Å². The highest BCUT2D eigenvalue weighted by Crippen LogP contribution is 2.54. The fraction of sp³-hybridized carbons (Fsp3) is 1.00. The van der Waals surface area contributed by atoms with Gasteiger partial charge >= 0.3 is 0 Å². The second-order valence-corrected chi connectivity index (χ2v) is 7.12. The van der Waals surface area contributed by atoms with Gasteiger partial charge in [-0.05, 0) is 51.9 Å². The molecule has 4 aliphatic rings. The summed E-state index contributed by atoms with van der Waals surface area (Å²) in [6.45, 7) is 4.51. The minimum Gasteiger partial charge on any atom is -0.368 e. The molecule has 4 fully saturated rings. The van der Waals surface area contributed by atoms with Gasteiger partial charge < -0.3 is 10.5 Å². The monoisotopic (exact) mass is 237 g/mol. The van der Waals surface area contributed by atoms with Crippen LogP contribution in [0, 0.1) is 11.8 Å². The van der Waals surface area contributed by atoms with Crippen LogP contribution in [-0.2, 0) is 4.74 Å². The van der Waals surface area contributed by atoms with E-state index in [4.69, 9.17) is 10.5 Å². The lowest BCUT2D eigenvalue weighted by molar-refractivity contribution is -0.267. The van der Waals surface area contributed by atoms with Crippen molar-refractivity contribution in [1.82, 2.24) is 0 Å². The maximum absolute atomic E-state index is 6.59. The summed E-state index contributed by atoms with van der Waals surface area (Å²) in [7, 11) is 0. The molecule has 2 heterocycles. The molecule has 2 aliphatic heterocycles. The van der Waals surface area contributed by atoms with Gasteiger partial charge in [-0.2, -0.15) is 0 Å². The van der Waals surface area contributed by atoms with Crippen LogP contribution >= 0.6 is 0 Å². The van der Waals surface area contributed by atoms with Gasteiger partial charge in [-0.3, -0.25) is 0 Å². The summed E-state index contributed by atoms with van der Waals surface area (Å²) in [6, 6.07) is 0.370. The van der Waals surface area contributed by atoms with E-state index in [1.165, 1.54) is 44.9 Å². The number of rotatable bonds is 1. The first-order valence-corrected chi connectivity index (χ1v) is 7.49. The fourth-order valence-electron chi connectivity index (χ4n) is 4.90. The van der Waals surface area contributed by atoms with Crippen LogP contribution < -0.4 is 5.73 Å². The molecule has 2 bridgehead atoms. The molecule has 0 amide bonds. The Hall–Kier alpha value is -0.0800. The molecule has 3 unspecified atom stereocenters. The Kier molecular flexibility index (Phi) is 2.79. The number of hydrogen-bond acceptors (Lipinski definition) is 2. The van der Waals surface area contributed by atoms with Crippen molar-refractivity contribution >= 4 is 0 Å². The summed E-state index contributed by atoms with van der Waals surface area (Å²) < 4.78 is 6.59. The van der Waals surface area contributed by atoms with E-state index in [1.54, 1.807) is 0 Å². The molecular formula is C15H27NO. The molecule has 0 aromatic carbocycles. The molecule has 2 nitrogen and oxygen atoms in total. The van der Waals surface area contributed by atoms with Crippen molar-refractivity contribution in [3.8, 4) is 0 Å². The normalized spacial score (nSPS) is 46.1. The van der Waals surface area contributed by atoms with Gasteiger partial charge in [-0.25, -0.2) is 0 Å². The zero-order chi connectivity index (χ0) is 12.1. The molecule has 3 atom stereocenters. The maximum atomic E-state index is 6.59. The van der Waals surface area contributed by atoms with Crippen molar-refractivity contribution < 1.29 is 4.74 Å². The van der Waals surface area contributed by atoms with Crippen molar-refractivity contribution in [2.45, 2.75) is 82.5 Å². The summed E-state index contributed by atoms with van der Waals surface area (Å²) in [5.41, 5.74) is 6.55. The van der Waals surface area contributed by atoms with E-state index in [0.717, 1.165) is 12.3 Å². The molecule has 17 heavy (non-hydrogen) atoms. The highest BCUT2D eigenvalue weighted by molar-refractivity contribution is 5.08. The Balaban J connectivity index is 1.85. The summed E-state index contributed by atoms with van der Waals surface area (Å²) in [6.07, 6.45) is 10.6. The molecule has 2 N–H and O–H groups in total. The zero-order valence-electron chi connectivity index (χ0n) is 11.4. The molecule has 0 aromatic rings. The third-order valence-electron chi connectivity index (χ3n) is 5.69. The minimum atomic E-state index is 0.00731. The van der Waals surface area contributed by atoms with Crippen molar-refractivity contribution in [3.63, 3.8) is 0 Å². The van der Waals surface area contributed by atoms with Gasteiger partial charge in [0.15, 0.2) is 0 Å². The third-order valence-corrected chi connectivity index (χ3v) is 5.69. The largest absolute Gasteiger partial charge is 0.368 e. The van der Waals surface area contributed by atoms with E-state index in [1.807, 2.05) is 0 Å². The molecule has 0 spiro atoms. The SMILES string of the molecule is CC1(C)OC2(C3CCCCC3)CCC1C(N)C2. The predicted octanol–water partition coefficient (Wildman–Crippen LogP) is 3.24. The van der Waals surface area contributed by atoms with E-state index in [-0.39, 0.29) is 11.2 Å². The topological polar surface area (TPSA) is 35.2 Å². The van der Waals surface area contributed by atoms with Gasteiger partial charge in [0, 0.05) is 12.0 Å². The van der Waals surface area contributed by atoms with Crippen LogP contribution in [0.3, 0.4) is 0 Å². The maximum Gasteiger partial charge on any atom is 0.0732 e. The summed E-state index contributed by atoms with van der Waals surface area (Å²) in [5.74, 6) is 1.36. The molecule has 2 saturated carbocycles. The van der Waals surface area contributed by atoms with E-state index in [2.05, 4.69) is 13.8 Å². The Morgan fingerprint density at radius 1 is 1.06 bits per heavy atom.